The molecule has 1 aromatic carbocycles. The summed E-state index contributed by atoms with van der Waals surface area (Å²) in [6.07, 6.45) is 4.32. The van der Waals surface area contributed by atoms with Gasteiger partial charge < -0.3 is 10.2 Å². The maximum Gasteiger partial charge on any atom is 0.269 e. The fourth-order valence-electron chi connectivity index (χ4n) is 2.41. The van der Waals surface area contributed by atoms with Crippen LogP contribution >= 0.6 is 0 Å². The summed E-state index contributed by atoms with van der Waals surface area (Å²) in [5.41, 5.74) is 1.95. The van der Waals surface area contributed by atoms with E-state index in [0.29, 0.717) is 24.2 Å². The molecule has 0 radical (unpaired) electrons. The van der Waals surface area contributed by atoms with E-state index in [-0.39, 0.29) is 11.7 Å². The molecule has 0 aliphatic carbocycles. The first-order valence-corrected chi connectivity index (χ1v) is 8.30. The van der Waals surface area contributed by atoms with Crippen molar-refractivity contribution in [1.82, 2.24) is 10.3 Å². The molecule has 2 aromatic rings. The summed E-state index contributed by atoms with van der Waals surface area (Å²) in [6, 6.07) is 10.3. The number of pyridine rings is 1. The van der Waals surface area contributed by atoms with Gasteiger partial charge in [-0.05, 0) is 36.6 Å². The first-order valence-electron chi connectivity index (χ1n) is 8.30. The van der Waals surface area contributed by atoms with Crippen molar-refractivity contribution in [3.63, 3.8) is 0 Å². The van der Waals surface area contributed by atoms with Gasteiger partial charge in [-0.15, -0.1) is 0 Å². The van der Waals surface area contributed by atoms with Crippen molar-refractivity contribution in [3.05, 3.63) is 59.7 Å². The number of amides is 1. The van der Waals surface area contributed by atoms with Crippen LogP contribution < -0.4 is 10.2 Å². The molecule has 0 spiro atoms. The summed E-state index contributed by atoms with van der Waals surface area (Å²) >= 11 is 0. The number of benzene rings is 1. The number of rotatable bonds is 8. The van der Waals surface area contributed by atoms with Crippen LogP contribution in [0.4, 0.5) is 10.1 Å². The normalized spacial score (nSPS) is 10.5. The third-order valence-electron chi connectivity index (χ3n) is 3.90. The number of nitrogens with one attached hydrogen (secondary N) is 1. The minimum absolute atomic E-state index is 0.239. The molecule has 1 amide bonds. The molecule has 2 rings (SSSR count). The number of hydrogen-bond donors (Lipinski definition) is 1. The highest BCUT2D eigenvalue weighted by molar-refractivity contribution is 5.93. The second kappa shape index (κ2) is 9.01. The Labute approximate surface area is 142 Å². The largest absolute Gasteiger partial charge is 0.374 e. The summed E-state index contributed by atoms with van der Waals surface area (Å²) in [4.78, 5) is 18.5. The van der Waals surface area contributed by atoms with Crippen LogP contribution in [0.3, 0.4) is 0 Å². The van der Waals surface area contributed by atoms with E-state index in [2.05, 4.69) is 22.1 Å². The van der Waals surface area contributed by atoms with Crippen LogP contribution in [0.15, 0.2) is 42.6 Å². The number of carbonyl (C=O) groups excluding carboxylic acids is 1. The molecule has 0 atom stereocenters. The van der Waals surface area contributed by atoms with Gasteiger partial charge in [0.25, 0.3) is 5.91 Å². The van der Waals surface area contributed by atoms with Gasteiger partial charge in [0.2, 0.25) is 0 Å². The molecular weight excluding hydrogens is 305 g/mol. The molecule has 0 aliphatic heterocycles. The number of anilines is 1. The first-order chi connectivity index (χ1) is 11.6. The highest BCUT2D eigenvalue weighted by Crippen LogP contribution is 2.13. The van der Waals surface area contributed by atoms with E-state index in [1.165, 1.54) is 6.07 Å². The Balaban J connectivity index is 1.91. The Morgan fingerprint density at radius 3 is 2.83 bits per heavy atom. The van der Waals surface area contributed by atoms with Crippen molar-refractivity contribution in [2.24, 2.45) is 0 Å². The van der Waals surface area contributed by atoms with E-state index in [1.54, 1.807) is 30.5 Å². The predicted octanol–water partition coefficient (Wildman–Crippen LogP) is 3.43. The number of halogens is 1. The van der Waals surface area contributed by atoms with Crippen LogP contribution in [0.5, 0.6) is 0 Å². The van der Waals surface area contributed by atoms with Crippen LogP contribution in [-0.4, -0.2) is 31.0 Å². The molecule has 0 saturated carbocycles. The lowest BCUT2D eigenvalue weighted by Gasteiger charge is -2.19. The van der Waals surface area contributed by atoms with Gasteiger partial charge in [-0.2, -0.15) is 0 Å². The lowest BCUT2D eigenvalue weighted by molar-refractivity contribution is 0.0949. The number of hydrogen-bond acceptors (Lipinski definition) is 3. The fourth-order valence-corrected chi connectivity index (χ4v) is 2.41. The maximum absolute atomic E-state index is 13.5. The molecule has 0 aliphatic rings. The average molecular weight is 329 g/mol. The quantitative estimate of drug-likeness (QED) is 0.807. The molecule has 0 saturated heterocycles. The summed E-state index contributed by atoms with van der Waals surface area (Å²) in [5.74, 6) is -0.485. The summed E-state index contributed by atoms with van der Waals surface area (Å²) in [6.45, 7) is 3.46. The monoisotopic (exact) mass is 329 g/mol. The van der Waals surface area contributed by atoms with Gasteiger partial charge in [0.15, 0.2) is 0 Å². The molecule has 0 unspecified atom stereocenters. The molecule has 5 heteroatoms. The zero-order chi connectivity index (χ0) is 17.4. The van der Waals surface area contributed by atoms with E-state index in [4.69, 9.17) is 0 Å². The summed E-state index contributed by atoms with van der Waals surface area (Å²) < 4.78 is 13.5. The average Bonchev–Trinajstić information content (AvgIpc) is 2.61. The Morgan fingerprint density at radius 2 is 2.08 bits per heavy atom. The lowest BCUT2D eigenvalue weighted by Crippen LogP contribution is -2.27. The Bertz CT molecular complexity index is 675. The minimum atomic E-state index is -0.246. The standard InChI is InChI=1S/C19H24FN3O/c1-3-4-13-23(2)16-10-12-21-18(14-16)19(24)22-11-9-15-7-5-6-8-17(15)20/h5-8,10,12,14H,3-4,9,11,13H2,1-2H3,(H,22,24). The zero-order valence-electron chi connectivity index (χ0n) is 14.3. The Morgan fingerprint density at radius 1 is 1.29 bits per heavy atom. The van der Waals surface area contributed by atoms with Crippen molar-refractivity contribution in [2.45, 2.75) is 26.2 Å². The van der Waals surface area contributed by atoms with E-state index < -0.39 is 0 Å². The van der Waals surface area contributed by atoms with Crippen molar-refractivity contribution in [1.29, 1.82) is 0 Å². The van der Waals surface area contributed by atoms with E-state index in [0.717, 1.165) is 25.1 Å². The summed E-state index contributed by atoms with van der Waals surface area (Å²) in [7, 11) is 2.00. The van der Waals surface area contributed by atoms with Crippen molar-refractivity contribution < 1.29 is 9.18 Å². The number of nitrogens with zero attached hydrogens (tertiary/aromatic N) is 2. The van der Waals surface area contributed by atoms with Gasteiger partial charge in [-0.25, -0.2) is 4.39 Å². The van der Waals surface area contributed by atoms with Gasteiger partial charge in [-0.3, -0.25) is 9.78 Å². The number of unbranched alkanes of at least 4 members (excludes halogenated alkanes) is 1. The van der Waals surface area contributed by atoms with Crippen LogP contribution in [-0.2, 0) is 6.42 Å². The molecular formula is C19H24FN3O. The van der Waals surface area contributed by atoms with Gasteiger partial charge in [0.1, 0.15) is 11.5 Å². The van der Waals surface area contributed by atoms with Crippen LogP contribution in [0.25, 0.3) is 0 Å². The molecule has 1 heterocycles. The van der Waals surface area contributed by atoms with Crippen LogP contribution in [0.2, 0.25) is 0 Å². The van der Waals surface area contributed by atoms with Gasteiger partial charge >= 0.3 is 0 Å². The third-order valence-corrected chi connectivity index (χ3v) is 3.90. The van der Waals surface area contributed by atoms with Gasteiger partial charge in [-0.1, -0.05) is 31.5 Å². The number of carbonyl (C=O) groups is 1. The second-order valence-corrected chi connectivity index (χ2v) is 5.77. The van der Waals surface area contributed by atoms with E-state index in [9.17, 15) is 9.18 Å². The van der Waals surface area contributed by atoms with Gasteiger partial charge in [0.05, 0.1) is 0 Å². The molecule has 1 aromatic heterocycles. The van der Waals surface area contributed by atoms with Crippen molar-refractivity contribution in [3.8, 4) is 0 Å². The smallest absolute Gasteiger partial charge is 0.269 e. The molecule has 0 fully saturated rings. The molecule has 128 valence electrons. The maximum atomic E-state index is 13.5. The van der Waals surface area contributed by atoms with E-state index >= 15 is 0 Å². The first kappa shape index (κ1) is 17.9. The third kappa shape index (κ3) is 5.05. The number of aromatic nitrogens is 1. The van der Waals surface area contributed by atoms with Crippen LogP contribution in [0.1, 0.15) is 35.8 Å². The molecule has 24 heavy (non-hydrogen) atoms. The molecule has 4 nitrogen and oxygen atoms in total. The molecule has 1 N–H and O–H groups in total. The van der Waals surface area contributed by atoms with Crippen molar-refractivity contribution in [2.75, 3.05) is 25.0 Å². The van der Waals surface area contributed by atoms with Crippen molar-refractivity contribution >= 4 is 11.6 Å². The zero-order valence-corrected chi connectivity index (χ0v) is 14.3. The Hall–Kier alpha value is -2.43. The lowest BCUT2D eigenvalue weighted by atomic mass is 10.1. The Kier molecular flexibility index (Phi) is 6.73. The topological polar surface area (TPSA) is 45.2 Å². The SMILES string of the molecule is CCCCN(C)c1ccnc(C(=O)NCCc2ccccc2F)c1. The van der Waals surface area contributed by atoms with E-state index in [1.807, 2.05) is 13.1 Å². The highest BCUT2D eigenvalue weighted by Gasteiger charge is 2.10. The predicted molar refractivity (Wildman–Crippen MR) is 94.9 cm³/mol. The fraction of sp³-hybridized carbons (Fsp3) is 0.368. The van der Waals surface area contributed by atoms with Gasteiger partial charge in [0, 0.05) is 32.0 Å². The second-order valence-electron chi connectivity index (χ2n) is 5.77. The minimum Gasteiger partial charge on any atom is -0.374 e. The highest BCUT2D eigenvalue weighted by atomic mass is 19.1. The molecule has 0 bridgehead atoms. The van der Waals surface area contributed by atoms with Crippen LogP contribution in [0, 0.1) is 5.82 Å². The summed E-state index contributed by atoms with van der Waals surface area (Å²) in [5, 5.41) is 2.80.